The second kappa shape index (κ2) is 5.86. The SMILES string of the molecule is [N-]=[N+]=NCCN1CCOCC1C(=O)NC1CC1. The summed E-state index contributed by atoms with van der Waals surface area (Å²) in [6.45, 7) is 2.77. The molecule has 94 valence electrons. The van der Waals surface area contributed by atoms with Gasteiger partial charge in [-0.05, 0) is 18.4 Å². The van der Waals surface area contributed by atoms with E-state index in [1.54, 1.807) is 0 Å². The van der Waals surface area contributed by atoms with Crippen molar-refractivity contribution in [1.82, 2.24) is 10.2 Å². The fraction of sp³-hybridized carbons (Fsp3) is 0.900. The standard InChI is InChI=1S/C10H17N5O2/c11-14-12-3-4-15-5-6-17-7-9(15)10(16)13-8-1-2-8/h8-9H,1-7H2,(H,13,16). The predicted octanol–water partition coefficient (Wildman–Crippen LogP) is 0.276. The minimum Gasteiger partial charge on any atom is -0.378 e. The van der Waals surface area contributed by atoms with Crippen LogP contribution in [0.3, 0.4) is 0 Å². The molecule has 1 N–H and O–H groups in total. The van der Waals surface area contributed by atoms with Crippen molar-refractivity contribution < 1.29 is 9.53 Å². The molecule has 1 aliphatic heterocycles. The van der Waals surface area contributed by atoms with Gasteiger partial charge in [-0.25, -0.2) is 0 Å². The third kappa shape index (κ3) is 3.59. The van der Waals surface area contributed by atoms with E-state index in [0.29, 0.717) is 38.9 Å². The topological polar surface area (TPSA) is 90.3 Å². The first-order valence-corrected chi connectivity index (χ1v) is 5.94. The Balaban J connectivity index is 1.85. The van der Waals surface area contributed by atoms with Gasteiger partial charge in [0.05, 0.1) is 13.2 Å². The molecule has 0 aromatic carbocycles. The normalized spacial score (nSPS) is 25.1. The Labute approximate surface area is 99.7 Å². The molecule has 0 aromatic heterocycles. The van der Waals surface area contributed by atoms with Crippen LogP contribution in [0.5, 0.6) is 0 Å². The first-order valence-electron chi connectivity index (χ1n) is 5.94. The Bertz CT molecular complexity index is 325. The summed E-state index contributed by atoms with van der Waals surface area (Å²) in [6.07, 6.45) is 2.16. The number of morpholine rings is 1. The van der Waals surface area contributed by atoms with Crippen molar-refractivity contribution in [2.24, 2.45) is 5.11 Å². The van der Waals surface area contributed by atoms with Gasteiger partial charge in [-0.15, -0.1) is 0 Å². The van der Waals surface area contributed by atoms with Crippen molar-refractivity contribution in [3.8, 4) is 0 Å². The number of hydrogen-bond acceptors (Lipinski definition) is 4. The molecular formula is C10H17N5O2. The van der Waals surface area contributed by atoms with Gasteiger partial charge in [0.15, 0.2) is 0 Å². The van der Waals surface area contributed by atoms with Crippen LogP contribution in [0.4, 0.5) is 0 Å². The van der Waals surface area contributed by atoms with Crippen LogP contribution in [0.15, 0.2) is 5.11 Å². The zero-order valence-corrected chi connectivity index (χ0v) is 9.71. The van der Waals surface area contributed by atoms with Crippen LogP contribution in [0, 0.1) is 0 Å². The molecule has 1 amide bonds. The van der Waals surface area contributed by atoms with Crippen LogP contribution in [0.1, 0.15) is 12.8 Å². The minimum absolute atomic E-state index is 0.0353. The summed E-state index contributed by atoms with van der Waals surface area (Å²) in [6, 6.07) is 0.127. The average molecular weight is 239 g/mol. The van der Waals surface area contributed by atoms with Crippen LogP contribution in [0.2, 0.25) is 0 Å². The second-order valence-electron chi connectivity index (χ2n) is 4.36. The van der Waals surface area contributed by atoms with Gasteiger partial charge in [-0.3, -0.25) is 9.69 Å². The van der Waals surface area contributed by atoms with Crippen LogP contribution >= 0.6 is 0 Å². The predicted molar refractivity (Wildman–Crippen MR) is 61.4 cm³/mol. The molecule has 0 spiro atoms. The number of nitrogens with one attached hydrogen (secondary N) is 1. The lowest BCUT2D eigenvalue weighted by Crippen LogP contribution is -2.54. The van der Waals surface area contributed by atoms with Gasteiger partial charge in [-0.2, -0.15) is 0 Å². The summed E-state index contributed by atoms with van der Waals surface area (Å²) in [5.41, 5.74) is 8.23. The summed E-state index contributed by atoms with van der Waals surface area (Å²) in [5.74, 6) is 0.0353. The van der Waals surface area contributed by atoms with E-state index in [1.807, 2.05) is 4.90 Å². The van der Waals surface area contributed by atoms with E-state index < -0.39 is 0 Å². The highest BCUT2D eigenvalue weighted by atomic mass is 16.5. The largest absolute Gasteiger partial charge is 0.378 e. The van der Waals surface area contributed by atoms with Crippen molar-refractivity contribution in [3.05, 3.63) is 10.4 Å². The number of carbonyl (C=O) groups is 1. The highest BCUT2D eigenvalue weighted by Crippen LogP contribution is 2.19. The molecular weight excluding hydrogens is 222 g/mol. The highest BCUT2D eigenvalue weighted by molar-refractivity contribution is 5.82. The molecule has 1 heterocycles. The molecule has 2 rings (SSSR count). The van der Waals surface area contributed by atoms with Crippen molar-refractivity contribution in [2.45, 2.75) is 24.9 Å². The maximum atomic E-state index is 12.0. The Morgan fingerprint density at radius 2 is 2.41 bits per heavy atom. The van der Waals surface area contributed by atoms with Crippen molar-refractivity contribution in [3.63, 3.8) is 0 Å². The molecule has 1 unspecified atom stereocenters. The molecule has 0 radical (unpaired) electrons. The first-order chi connectivity index (χ1) is 8.31. The maximum Gasteiger partial charge on any atom is 0.239 e. The van der Waals surface area contributed by atoms with Gasteiger partial charge in [-0.1, -0.05) is 5.11 Å². The van der Waals surface area contributed by atoms with Gasteiger partial charge < -0.3 is 10.1 Å². The van der Waals surface area contributed by atoms with E-state index in [0.717, 1.165) is 12.8 Å². The number of rotatable bonds is 5. The molecule has 1 atom stereocenters. The summed E-state index contributed by atoms with van der Waals surface area (Å²) in [4.78, 5) is 16.7. The van der Waals surface area contributed by atoms with Gasteiger partial charge in [0, 0.05) is 30.6 Å². The molecule has 1 aliphatic carbocycles. The quantitative estimate of drug-likeness (QED) is 0.424. The lowest BCUT2D eigenvalue weighted by molar-refractivity contribution is -0.132. The van der Waals surface area contributed by atoms with Crippen molar-refractivity contribution in [1.29, 1.82) is 0 Å². The number of hydrogen-bond donors (Lipinski definition) is 1. The number of amides is 1. The smallest absolute Gasteiger partial charge is 0.239 e. The average Bonchev–Trinajstić information content (AvgIpc) is 3.14. The zero-order chi connectivity index (χ0) is 12.1. The van der Waals surface area contributed by atoms with E-state index in [1.165, 1.54) is 0 Å². The molecule has 7 nitrogen and oxygen atoms in total. The lowest BCUT2D eigenvalue weighted by Gasteiger charge is -2.34. The maximum absolute atomic E-state index is 12.0. The van der Waals surface area contributed by atoms with E-state index in [4.69, 9.17) is 10.3 Å². The van der Waals surface area contributed by atoms with Gasteiger partial charge in [0.2, 0.25) is 5.91 Å². The Morgan fingerprint density at radius 3 is 3.12 bits per heavy atom. The van der Waals surface area contributed by atoms with Crippen LogP contribution < -0.4 is 5.32 Å². The van der Waals surface area contributed by atoms with Gasteiger partial charge in [0.25, 0.3) is 0 Å². The third-order valence-electron chi connectivity index (χ3n) is 3.02. The second-order valence-corrected chi connectivity index (χ2v) is 4.36. The van der Waals surface area contributed by atoms with Gasteiger partial charge >= 0.3 is 0 Å². The van der Waals surface area contributed by atoms with E-state index in [2.05, 4.69) is 15.3 Å². The zero-order valence-electron chi connectivity index (χ0n) is 9.71. The molecule has 2 aliphatic rings. The van der Waals surface area contributed by atoms with Crippen molar-refractivity contribution in [2.75, 3.05) is 32.8 Å². The number of ether oxygens (including phenoxy) is 1. The third-order valence-corrected chi connectivity index (χ3v) is 3.02. The molecule has 0 bridgehead atoms. The highest BCUT2D eigenvalue weighted by Gasteiger charge is 2.32. The molecule has 1 saturated carbocycles. The minimum atomic E-state index is -0.238. The van der Waals surface area contributed by atoms with E-state index in [-0.39, 0.29) is 11.9 Å². The fourth-order valence-electron chi connectivity index (χ4n) is 1.89. The van der Waals surface area contributed by atoms with Crippen LogP contribution in [0.25, 0.3) is 10.4 Å². The van der Waals surface area contributed by atoms with E-state index >= 15 is 0 Å². The molecule has 0 aromatic rings. The fourth-order valence-corrected chi connectivity index (χ4v) is 1.89. The Morgan fingerprint density at radius 1 is 1.59 bits per heavy atom. The number of azide groups is 1. The molecule has 1 saturated heterocycles. The Kier molecular flexibility index (Phi) is 4.19. The van der Waals surface area contributed by atoms with Gasteiger partial charge in [0.1, 0.15) is 6.04 Å². The van der Waals surface area contributed by atoms with Crippen LogP contribution in [-0.4, -0.2) is 55.7 Å². The van der Waals surface area contributed by atoms with E-state index in [9.17, 15) is 4.79 Å². The first kappa shape index (κ1) is 12.2. The summed E-state index contributed by atoms with van der Waals surface area (Å²) >= 11 is 0. The number of nitrogens with zero attached hydrogens (tertiary/aromatic N) is 4. The number of carbonyl (C=O) groups excluding carboxylic acids is 1. The Hall–Kier alpha value is -1.30. The molecule has 2 fully saturated rings. The monoisotopic (exact) mass is 239 g/mol. The molecule has 7 heteroatoms. The molecule has 17 heavy (non-hydrogen) atoms. The summed E-state index contributed by atoms with van der Waals surface area (Å²) < 4.78 is 5.34. The van der Waals surface area contributed by atoms with Crippen LogP contribution in [-0.2, 0) is 9.53 Å². The van der Waals surface area contributed by atoms with Crippen molar-refractivity contribution >= 4 is 5.91 Å². The summed E-state index contributed by atoms with van der Waals surface area (Å²) in [7, 11) is 0. The lowest BCUT2D eigenvalue weighted by atomic mass is 10.2. The summed E-state index contributed by atoms with van der Waals surface area (Å²) in [5, 5.41) is 6.48.